The number of hydrogen-bond donors (Lipinski definition) is 0. The number of benzene rings is 10. The van der Waals surface area contributed by atoms with Crippen molar-refractivity contribution < 1.29 is 4.42 Å². The number of furan rings is 1. The Morgan fingerprint density at radius 2 is 1.01 bits per heavy atom. The van der Waals surface area contributed by atoms with Gasteiger partial charge in [-0.1, -0.05) is 189 Å². The first-order chi connectivity index (χ1) is 33.6. The van der Waals surface area contributed by atoms with Crippen molar-refractivity contribution in [1.29, 1.82) is 0 Å². The minimum absolute atomic E-state index is 0.258. The van der Waals surface area contributed by atoms with E-state index in [1.54, 1.807) is 0 Å². The summed E-state index contributed by atoms with van der Waals surface area (Å²) < 4.78 is 6.20. The number of hydrogen-bond acceptors (Lipinski definition) is 2. The Bertz CT molecular complexity index is 3660. The summed E-state index contributed by atoms with van der Waals surface area (Å²) in [5.74, 6) is 0.579. The van der Waals surface area contributed by atoms with E-state index in [0.717, 1.165) is 44.6 Å². The van der Waals surface area contributed by atoms with Gasteiger partial charge in [-0.05, 0) is 152 Å². The first-order valence-corrected chi connectivity index (χ1v) is 24.4. The lowest BCUT2D eigenvalue weighted by Gasteiger charge is -2.29. The summed E-state index contributed by atoms with van der Waals surface area (Å²) in [7, 11) is 0. The van der Waals surface area contributed by atoms with Crippen LogP contribution in [-0.2, 0) is 5.41 Å². The smallest absolute Gasteiger partial charge is 0.135 e. The molecule has 13 rings (SSSR count). The van der Waals surface area contributed by atoms with Crippen LogP contribution in [0.15, 0.2) is 229 Å². The van der Waals surface area contributed by atoms with Crippen molar-refractivity contribution in [1.82, 2.24) is 0 Å². The Kier molecular flexibility index (Phi) is 9.75. The first-order valence-electron chi connectivity index (χ1n) is 24.4. The maximum atomic E-state index is 6.20. The minimum Gasteiger partial charge on any atom is -0.456 e. The van der Waals surface area contributed by atoms with Gasteiger partial charge >= 0.3 is 0 Å². The Morgan fingerprint density at radius 3 is 1.79 bits per heavy atom. The number of fused-ring (bicyclic) bond motifs is 7. The van der Waals surface area contributed by atoms with Crippen LogP contribution in [0.2, 0.25) is 0 Å². The van der Waals surface area contributed by atoms with Crippen LogP contribution >= 0.6 is 0 Å². The Balaban J connectivity index is 0.937. The molecule has 2 aliphatic rings. The Labute approximate surface area is 398 Å². The molecule has 0 amide bonds. The molecule has 1 fully saturated rings. The van der Waals surface area contributed by atoms with E-state index in [4.69, 9.17) is 4.42 Å². The maximum Gasteiger partial charge on any atom is 0.135 e. The van der Waals surface area contributed by atoms with E-state index in [9.17, 15) is 0 Å². The molecule has 0 N–H and O–H groups in total. The molecule has 0 aliphatic heterocycles. The van der Waals surface area contributed by atoms with Crippen molar-refractivity contribution >= 4 is 49.8 Å². The Morgan fingerprint density at radius 1 is 0.426 bits per heavy atom. The molecular formula is C66H51NO. The third-order valence-corrected chi connectivity index (χ3v) is 15.4. The van der Waals surface area contributed by atoms with E-state index in [-0.39, 0.29) is 5.41 Å². The molecule has 0 spiro atoms. The van der Waals surface area contributed by atoms with Gasteiger partial charge in [0.05, 0.1) is 5.69 Å². The minimum atomic E-state index is -0.258. The zero-order chi connectivity index (χ0) is 45.2. The molecule has 1 atom stereocenters. The third kappa shape index (κ3) is 6.61. The van der Waals surface area contributed by atoms with E-state index < -0.39 is 0 Å². The number of rotatable bonds is 8. The second kappa shape index (κ2) is 16.4. The summed E-state index contributed by atoms with van der Waals surface area (Å²) in [6.07, 6.45) is 6.46. The van der Waals surface area contributed by atoms with Crippen molar-refractivity contribution in [2.75, 3.05) is 4.90 Å². The lowest BCUT2D eigenvalue weighted by atomic mass is 9.74. The number of anilines is 3. The van der Waals surface area contributed by atoms with E-state index in [1.165, 1.54) is 104 Å². The fourth-order valence-electron chi connectivity index (χ4n) is 11.9. The lowest BCUT2D eigenvalue weighted by Crippen LogP contribution is -2.22. The summed E-state index contributed by atoms with van der Waals surface area (Å²) in [6, 6.07) is 83.2. The fraction of sp³-hybridized carbons (Fsp3) is 0.121. The summed E-state index contributed by atoms with van der Waals surface area (Å²) in [6.45, 7) is 2.40. The van der Waals surface area contributed by atoms with Crippen molar-refractivity contribution in [3.63, 3.8) is 0 Å². The zero-order valence-corrected chi connectivity index (χ0v) is 38.3. The van der Waals surface area contributed by atoms with Gasteiger partial charge in [0.25, 0.3) is 0 Å². The molecule has 326 valence electrons. The standard InChI is InChI=1S/C66H51NO/c1-66(50-20-6-3-7-21-50)60-27-11-8-22-54(60)55-40-34-49(43-61(55)66)45-32-38-52(39-33-45)67(51-36-30-44(31-37-51)48-35-41-64-59(42-48)57-24-10-13-29-63(57)68-64)62-28-12-9-23-56(62)58-26-15-19-47-18-14-25-53(65(47)58)46-16-4-2-5-17-46/h3,6-15,18-43,46H,2,4-5,16-17H2,1H3. The van der Waals surface area contributed by atoms with Crippen LogP contribution in [0.25, 0.3) is 77.2 Å². The van der Waals surface area contributed by atoms with Crippen molar-refractivity contribution in [2.45, 2.75) is 50.4 Å². The SMILES string of the molecule is CC1(c2ccccc2)c2ccccc2-c2ccc(-c3ccc(N(c4ccc(-c5ccc6oc7ccccc7c6c5)cc4)c4ccccc4-c4cccc5cccc(C6CCCCC6)c45)cc3)cc21. The van der Waals surface area contributed by atoms with Crippen LogP contribution in [0.3, 0.4) is 0 Å². The average Bonchev–Trinajstić information content (AvgIpc) is 3.91. The largest absolute Gasteiger partial charge is 0.456 e. The van der Waals surface area contributed by atoms with E-state index >= 15 is 0 Å². The van der Waals surface area contributed by atoms with Gasteiger partial charge in [0, 0.05) is 33.1 Å². The van der Waals surface area contributed by atoms with Gasteiger partial charge in [-0.15, -0.1) is 0 Å². The van der Waals surface area contributed by atoms with Gasteiger partial charge in [-0.2, -0.15) is 0 Å². The van der Waals surface area contributed by atoms with Crippen LogP contribution in [0, 0.1) is 0 Å². The molecule has 2 aliphatic carbocycles. The van der Waals surface area contributed by atoms with E-state index in [1.807, 2.05) is 12.1 Å². The fourth-order valence-corrected chi connectivity index (χ4v) is 11.9. The highest BCUT2D eigenvalue weighted by Gasteiger charge is 2.40. The molecule has 0 bridgehead atoms. The monoisotopic (exact) mass is 873 g/mol. The predicted molar refractivity (Wildman–Crippen MR) is 285 cm³/mol. The van der Waals surface area contributed by atoms with Gasteiger partial charge in [-0.3, -0.25) is 0 Å². The quantitative estimate of drug-likeness (QED) is 0.151. The summed E-state index contributed by atoms with van der Waals surface area (Å²) in [5, 5.41) is 4.98. The molecule has 1 aromatic heterocycles. The normalized spacial score (nSPS) is 15.7. The van der Waals surface area contributed by atoms with Crippen LogP contribution in [-0.4, -0.2) is 0 Å². The highest BCUT2D eigenvalue weighted by atomic mass is 16.3. The van der Waals surface area contributed by atoms with Gasteiger partial charge in [-0.25, -0.2) is 0 Å². The van der Waals surface area contributed by atoms with Gasteiger partial charge in [0.1, 0.15) is 11.2 Å². The third-order valence-electron chi connectivity index (χ3n) is 15.4. The molecule has 1 unspecified atom stereocenters. The maximum absolute atomic E-state index is 6.20. The highest BCUT2D eigenvalue weighted by molar-refractivity contribution is 6.07. The molecule has 0 radical (unpaired) electrons. The van der Waals surface area contributed by atoms with Crippen LogP contribution in [0.4, 0.5) is 17.1 Å². The molecule has 0 saturated heterocycles. The van der Waals surface area contributed by atoms with Crippen molar-refractivity contribution in [2.24, 2.45) is 0 Å². The van der Waals surface area contributed by atoms with Crippen molar-refractivity contribution in [3.05, 3.63) is 247 Å². The number of nitrogens with zero attached hydrogens (tertiary/aromatic N) is 1. The second-order valence-corrected chi connectivity index (χ2v) is 19.1. The molecule has 2 heteroatoms. The summed E-state index contributed by atoms with van der Waals surface area (Å²) in [4.78, 5) is 2.46. The summed E-state index contributed by atoms with van der Waals surface area (Å²) >= 11 is 0. The Hall–Kier alpha value is -7.94. The van der Waals surface area contributed by atoms with Gasteiger partial charge < -0.3 is 9.32 Å². The lowest BCUT2D eigenvalue weighted by molar-refractivity contribution is 0.445. The van der Waals surface area contributed by atoms with Gasteiger partial charge in [0.15, 0.2) is 0 Å². The molecule has 68 heavy (non-hydrogen) atoms. The highest BCUT2D eigenvalue weighted by Crippen LogP contribution is 2.53. The molecule has 1 heterocycles. The van der Waals surface area contributed by atoms with Crippen molar-refractivity contribution in [3.8, 4) is 44.5 Å². The van der Waals surface area contributed by atoms with E-state index in [0.29, 0.717) is 5.92 Å². The zero-order valence-electron chi connectivity index (χ0n) is 38.3. The molecular weight excluding hydrogens is 823 g/mol. The molecule has 2 nitrogen and oxygen atoms in total. The number of para-hydroxylation sites is 2. The van der Waals surface area contributed by atoms with Crippen LogP contribution in [0.5, 0.6) is 0 Å². The van der Waals surface area contributed by atoms with Crippen LogP contribution < -0.4 is 4.90 Å². The van der Waals surface area contributed by atoms with Gasteiger partial charge in [0.2, 0.25) is 0 Å². The molecule has 11 aromatic rings. The summed E-state index contributed by atoms with van der Waals surface area (Å²) in [5.41, 5.74) is 20.4. The topological polar surface area (TPSA) is 16.4 Å². The molecule has 10 aromatic carbocycles. The first kappa shape index (κ1) is 40.3. The van der Waals surface area contributed by atoms with E-state index in [2.05, 4.69) is 224 Å². The average molecular weight is 874 g/mol. The molecule has 1 saturated carbocycles. The van der Waals surface area contributed by atoms with Crippen LogP contribution in [0.1, 0.15) is 67.2 Å². The second-order valence-electron chi connectivity index (χ2n) is 19.1. The predicted octanol–water partition coefficient (Wildman–Crippen LogP) is 18.6.